The molecule has 7 heteroatoms. The average molecular weight is 342 g/mol. The minimum Gasteiger partial charge on any atom is -0.497 e. The van der Waals surface area contributed by atoms with E-state index in [0.717, 1.165) is 22.7 Å². The molecule has 3 N–H and O–H groups in total. The van der Waals surface area contributed by atoms with Crippen molar-refractivity contribution < 1.29 is 9.53 Å². The number of benzene rings is 1. The van der Waals surface area contributed by atoms with Gasteiger partial charge in [-0.15, -0.1) is 23.7 Å². The molecule has 1 atom stereocenters. The zero-order valence-electron chi connectivity index (χ0n) is 12.5. The molecular weight excluding hydrogens is 322 g/mol. The second-order valence-corrected chi connectivity index (χ2v) is 5.81. The molecule has 0 saturated heterocycles. The first-order valence-corrected chi connectivity index (χ1v) is 7.56. The van der Waals surface area contributed by atoms with Crippen LogP contribution in [0.5, 0.6) is 5.75 Å². The molecule has 1 heterocycles. The van der Waals surface area contributed by atoms with Crippen molar-refractivity contribution in [3.63, 3.8) is 0 Å². The molecule has 0 saturated carbocycles. The molecule has 22 heavy (non-hydrogen) atoms. The van der Waals surface area contributed by atoms with Crippen LogP contribution in [0.3, 0.4) is 0 Å². The second kappa shape index (κ2) is 8.73. The van der Waals surface area contributed by atoms with Crippen molar-refractivity contribution in [3.05, 3.63) is 35.3 Å². The highest BCUT2D eigenvalue weighted by Crippen LogP contribution is 2.26. The molecule has 120 valence electrons. The Morgan fingerprint density at radius 1 is 1.41 bits per heavy atom. The van der Waals surface area contributed by atoms with Crippen LogP contribution in [0.4, 0.5) is 0 Å². The Kier molecular flexibility index (Phi) is 7.31. The van der Waals surface area contributed by atoms with Crippen molar-refractivity contribution in [1.82, 2.24) is 10.3 Å². The van der Waals surface area contributed by atoms with E-state index < -0.39 is 0 Å². The van der Waals surface area contributed by atoms with Gasteiger partial charge < -0.3 is 15.8 Å². The molecule has 5 nitrogen and oxygen atoms in total. The highest BCUT2D eigenvalue weighted by molar-refractivity contribution is 7.16. The lowest BCUT2D eigenvalue weighted by Gasteiger charge is -2.05. The Balaban J connectivity index is 0.00000242. The fourth-order valence-electron chi connectivity index (χ4n) is 1.75. The lowest BCUT2D eigenvalue weighted by molar-refractivity contribution is 0.0956. The third-order valence-corrected chi connectivity index (χ3v) is 4.00. The molecule has 0 aliphatic carbocycles. The SMILES string of the molecule is COc1ccc(-c2ncc(C(=O)NCCC(C)N)s2)cc1.Cl. The van der Waals surface area contributed by atoms with Crippen molar-refractivity contribution in [1.29, 1.82) is 0 Å². The number of nitrogens with two attached hydrogens (primary N) is 1. The van der Waals surface area contributed by atoms with E-state index in [2.05, 4.69) is 10.3 Å². The van der Waals surface area contributed by atoms with E-state index >= 15 is 0 Å². The largest absolute Gasteiger partial charge is 0.497 e. The Bertz CT molecular complexity index is 599. The van der Waals surface area contributed by atoms with Gasteiger partial charge in [-0.05, 0) is 37.6 Å². The number of amides is 1. The Labute approximate surface area is 140 Å². The third kappa shape index (κ3) is 4.98. The third-order valence-electron chi connectivity index (χ3n) is 2.95. The van der Waals surface area contributed by atoms with E-state index in [1.165, 1.54) is 11.3 Å². The number of halogens is 1. The topological polar surface area (TPSA) is 77.2 Å². The highest BCUT2D eigenvalue weighted by Gasteiger charge is 2.11. The maximum absolute atomic E-state index is 12.0. The number of thiazole rings is 1. The number of aromatic nitrogens is 1. The summed E-state index contributed by atoms with van der Waals surface area (Å²) in [5, 5.41) is 3.66. The highest BCUT2D eigenvalue weighted by atomic mass is 35.5. The molecule has 1 aromatic heterocycles. The average Bonchev–Trinajstić information content (AvgIpc) is 2.97. The summed E-state index contributed by atoms with van der Waals surface area (Å²) >= 11 is 1.37. The molecular formula is C15H20ClN3O2S. The summed E-state index contributed by atoms with van der Waals surface area (Å²) in [5.74, 6) is 0.692. The van der Waals surface area contributed by atoms with Gasteiger partial charge in [0.25, 0.3) is 5.91 Å². The first kappa shape index (κ1) is 18.4. The van der Waals surface area contributed by atoms with Crippen LogP contribution in [0.2, 0.25) is 0 Å². The molecule has 0 bridgehead atoms. The minimum absolute atomic E-state index is 0. The maximum Gasteiger partial charge on any atom is 0.263 e. The van der Waals surface area contributed by atoms with Gasteiger partial charge in [0.05, 0.1) is 13.3 Å². The lowest BCUT2D eigenvalue weighted by atomic mass is 10.2. The monoisotopic (exact) mass is 341 g/mol. The van der Waals surface area contributed by atoms with Crippen LogP contribution in [-0.4, -0.2) is 30.6 Å². The summed E-state index contributed by atoms with van der Waals surface area (Å²) in [6.07, 6.45) is 2.36. The number of hydrogen-bond donors (Lipinski definition) is 2. The van der Waals surface area contributed by atoms with Crippen LogP contribution in [-0.2, 0) is 0 Å². The number of hydrogen-bond acceptors (Lipinski definition) is 5. The molecule has 0 spiro atoms. The normalized spacial score (nSPS) is 11.4. The summed E-state index contributed by atoms with van der Waals surface area (Å²) in [6, 6.07) is 7.69. The number of rotatable bonds is 6. The van der Waals surface area contributed by atoms with Crippen LogP contribution < -0.4 is 15.8 Å². The predicted molar refractivity (Wildman–Crippen MR) is 91.9 cm³/mol. The summed E-state index contributed by atoms with van der Waals surface area (Å²) in [7, 11) is 1.63. The van der Waals surface area contributed by atoms with E-state index in [4.69, 9.17) is 10.5 Å². The van der Waals surface area contributed by atoms with Crippen molar-refractivity contribution in [2.45, 2.75) is 19.4 Å². The number of nitrogens with zero attached hydrogens (tertiary/aromatic N) is 1. The molecule has 0 aliphatic heterocycles. The van der Waals surface area contributed by atoms with Crippen LogP contribution >= 0.6 is 23.7 Å². The van der Waals surface area contributed by atoms with E-state index in [9.17, 15) is 4.79 Å². The van der Waals surface area contributed by atoms with E-state index in [1.807, 2.05) is 31.2 Å². The molecule has 1 unspecified atom stereocenters. The van der Waals surface area contributed by atoms with Gasteiger partial charge in [-0.25, -0.2) is 4.98 Å². The van der Waals surface area contributed by atoms with Crippen molar-refractivity contribution >= 4 is 29.7 Å². The zero-order valence-corrected chi connectivity index (χ0v) is 14.2. The molecule has 0 fully saturated rings. The Morgan fingerprint density at radius 2 is 2.09 bits per heavy atom. The summed E-state index contributed by atoms with van der Waals surface area (Å²) < 4.78 is 5.12. The quantitative estimate of drug-likeness (QED) is 0.846. The standard InChI is InChI=1S/C15H19N3O2S.ClH/c1-10(16)7-8-17-14(19)13-9-18-15(21-13)11-3-5-12(20-2)6-4-11;/h3-6,9-10H,7-8,16H2,1-2H3,(H,17,19);1H. The maximum atomic E-state index is 12.0. The second-order valence-electron chi connectivity index (χ2n) is 4.78. The van der Waals surface area contributed by atoms with Crippen molar-refractivity contribution in [2.75, 3.05) is 13.7 Å². The molecule has 1 amide bonds. The molecule has 2 rings (SSSR count). The van der Waals surface area contributed by atoms with Gasteiger partial charge in [0, 0.05) is 18.2 Å². The number of carbonyl (C=O) groups excluding carboxylic acids is 1. The smallest absolute Gasteiger partial charge is 0.263 e. The van der Waals surface area contributed by atoms with Gasteiger partial charge in [-0.1, -0.05) is 0 Å². The first-order valence-electron chi connectivity index (χ1n) is 6.74. The summed E-state index contributed by atoms with van der Waals surface area (Å²) in [5.41, 5.74) is 6.62. The lowest BCUT2D eigenvalue weighted by Crippen LogP contribution is -2.28. The van der Waals surface area contributed by atoms with Crippen LogP contribution in [0.1, 0.15) is 23.0 Å². The summed E-state index contributed by atoms with van der Waals surface area (Å²) in [6.45, 7) is 2.49. The Hall–Kier alpha value is -1.63. The molecule has 2 aromatic rings. The van der Waals surface area contributed by atoms with Gasteiger partial charge in [0.1, 0.15) is 15.6 Å². The number of carbonyl (C=O) groups is 1. The van der Waals surface area contributed by atoms with E-state index in [1.54, 1.807) is 13.3 Å². The predicted octanol–water partition coefficient (Wildman–Crippen LogP) is 2.71. The fourth-order valence-corrected chi connectivity index (χ4v) is 2.58. The van der Waals surface area contributed by atoms with Crippen LogP contribution in [0, 0.1) is 0 Å². The fraction of sp³-hybridized carbons (Fsp3) is 0.333. The Morgan fingerprint density at radius 3 is 2.68 bits per heavy atom. The molecule has 1 aromatic carbocycles. The van der Waals surface area contributed by atoms with Gasteiger partial charge in [0.15, 0.2) is 0 Å². The zero-order chi connectivity index (χ0) is 15.2. The van der Waals surface area contributed by atoms with Crippen LogP contribution in [0.25, 0.3) is 10.6 Å². The molecule has 0 aliphatic rings. The number of ether oxygens (including phenoxy) is 1. The summed E-state index contributed by atoms with van der Waals surface area (Å²) in [4.78, 5) is 16.9. The van der Waals surface area contributed by atoms with E-state index in [-0.39, 0.29) is 24.4 Å². The van der Waals surface area contributed by atoms with Crippen molar-refractivity contribution in [3.8, 4) is 16.3 Å². The number of nitrogens with one attached hydrogen (secondary N) is 1. The van der Waals surface area contributed by atoms with E-state index in [0.29, 0.717) is 11.4 Å². The van der Waals surface area contributed by atoms with Gasteiger partial charge in [0.2, 0.25) is 0 Å². The van der Waals surface area contributed by atoms with Crippen LogP contribution in [0.15, 0.2) is 30.5 Å². The van der Waals surface area contributed by atoms with Crippen molar-refractivity contribution in [2.24, 2.45) is 5.73 Å². The number of methoxy groups -OCH3 is 1. The minimum atomic E-state index is -0.104. The van der Waals surface area contributed by atoms with Gasteiger partial charge in [-0.3, -0.25) is 4.79 Å². The van der Waals surface area contributed by atoms with Gasteiger partial charge >= 0.3 is 0 Å². The molecule has 0 radical (unpaired) electrons. The van der Waals surface area contributed by atoms with Gasteiger partial charge in [-0.2, -0.15) is 0 Å². The first-order chi connectivity index (χ1) is 10.1.